The second-order valence-corrected chi connectivity index (χ2v) is 5.81. The van der Waals surface area contributed by atoms with E-state index in [1.165, 1.54) is 23.1 Å². The zero-order chi connectivity index (χ0) is 18.4. The number of halogens is 1. The van der Waals surface area contributed by atoms with Crippen LogP contribution in [0.4, 0.5) is 16.2 Å². The first-order chi connectivity index (χ1) is 11.9. The number of rotatable bonds is 6. The van der Waals surface area contributed by atoms with Crippen LogP contribution in [0, 0.1) is 10.1 Å². The molecule has 0 aliphatic heterocycles. The van der Waals surface area contributed by atoms with Crippen LogP contribution in [0.15, 0.2) is 42.5 Å². The van der Waals surface area contributed by atoms with E-state index in [1.807, 2.05) is 6.92 Å². The molecule has 25 heavy (non-hydrogen) atoms. The van der Waals surface area contributed by atoms with Crippen LogP contribution in [-0.2, 0) is 6.54 Å². The number of nitro groups is 1. The van der Waals surface area contributed by atoms with Crippen molar-refractivity contribution in [2.24, 2.45) is 0 Å². The normalized spacial score (nSPS) is 10.3. The van der Waals surface area contributed by atoms with Crippen LogP contribution in [0.3, 0.4) is 0 Å². The predicted octanol–water partition coefficient (Wildman–Crippen LogP) is 4.40. The number of phenolic OH excluding ortho intramolecular Hbond substituents is 1. The fraction of sp³-hybridized carbons (Fsp3) is 0.235. The van der Waals surface area contributed by atoms with E-state index in [2.05, 4.69) is 5.32 Å². The van der Waals surface area contributed by atoms with Crippen molar-refractivity contribution in [3.05, 3.63) is 63.2 Å². The number of hydrogen-bond acceptors (Lipinski definition) is 4. The van der Waals surface area contributed by atoms with Gasteiger partial charge in [-0.1, -0.05) is 36.7 Å². The zero-order valence-electron chi connectivity index (χ0n) is 13.6. The van der Waals surface area contributed by atoms with Crippen molar-refractivity contribution in [1.82, 2.24) is 4.90 Å². The van der Waals surface area contributed by atoms with Gasteiger partial charge in [-0.05, 0) is 24.6 Å². The van der Waals surface area contributed by atoms with Gasteiger partial charge in [0.25, 0.3) is 5.69 Å². The molecule has 0 aliphatic rings. The highest BCUT2D eigenvalue weighted by atomic mass is 35.5. The first kappa shape index (κ1) is 18.5. The minimum absolute atomic E-state index is 0.00243. The number of hydrogen-bond donors (Lipinski definition) is 2. The molecule has 2 amide bonds. The summed E-state index contributed by atoms with van der Waals surface area (Å²) in [7, 11) is 0. The quantitative estimate of drug-likeness (QED) is 0.587. The van der Waals surface area contributed by atoms with E-state index >= 15 is 0 Å². The maximum atomic E-state index is 12.5. The molecule has 0 radical (unpaired) electrons. The van der Waals surface area contributed by atoms with Gasteiger partial charge in [-0.2, -0.15) is 0 Å². The highest BCUT2D eigenvalue weighted by Gasteiger charge is 2.18. The number of benzene rings is 2. The van der Waals surface area contributed by atoms with E-state index < -0.39 is 11.0 Å². The molecule has 2 aromatic rings. The van der Waals surface area contributed by atoms with E-state index in [4.69, 9.17) is 11.6 Å². The number of aromatic hydroxyl groups is 1. The maximum Gasteiger partial charge on any atom is 0.322 e. The molecule has 2 N–H and O–H groups in total. The molecule has 0 fully saturated rings. The van der Waals surface area contributed by atoms with E-state index in [0.717, 1.165) is 6.42 Å². The number of carbonyl (C=O) groups excluding carboxylic acids is 1. The molecule has 0 bridgehead atoms. The van der Waals surface area contributed by atoms with Crippen LogP contribution in [0.1, 0.15) is 18.9 Å². The minimum Gasteiger partial charge on any atom is -0.508 e. The molecule has 8 heteroatoms. The molecule has 0 saturated carbocycles. The van der Waals surface area contributed by atoms with Gasteiger partial charge in [0, 0.05) is 23.9 Å². The average molecular weight is 364 g/mol. The Morgan fingerprint density at radius 3 is 2.68 bits per heavy atom. The number of para-hydroxylation sites is 1. The van der Waals surface area contributed by atoms with E-state index in [-0.39, 0.29) is 28.7 Å². The molecule has 0 aliphatic carbocycles. The van der Waals surface area contributed by atoms with Crippen molar-refractivity contribution in [1.29, 1.82) is 0 Å². The standard InChI is InChI=1S/C17H18ClN3O4/c1-2-9-20(11-12-5-3-4-6-16(12)22)17(23)19-13-7-8-14(18)15(10-13)21(24)25/h3-8,10,22H,2,9,11H2,1H3,(H,19,23). The first-order valence-electron chi connectivity index (χ1n) is 7.69. The predicted molar refractivity (Wildman–Crippen MR) is 95.9 cm³/mol. The van der Waals surface area contributed by atoms with Crippen LogP contribution in [0.2, 0.25) is 5.02 Å². The Morgan fingerprint density at radius 2 is 2.04 bits per heavy atom. The fourth-order valence-electron chi connectivity index (χ4n) is 2.31. The van der Waals surface area contributed by atoms with Crippen LogP contribution >= 0.6 is 11.6 Å². The third-order valence-electron chi connectivity index (χ3n) is 3.53. The summed E-state index contributed by atoms with van der Waals surface area (Å²) in [4.78, 5) is 24.4. The summed E-state index contributed by atoms with van der Waals surface area (Å²) < 4.78 is 0. The van der Waals surface area contributed by atoms with Gasteiger partial charge in [-0.15, -0.1) is 0 Å². The Morgan fingerprint density at radius 1 is 1.32 bits per heavy atom. The Hall–Kier alpha value is -2.80. The number of nitro benzene ring substituents is 1. The second kappa shape index (κ2) is 8.34. The fourth-order valence-corrected chi connectivity index (χ4v) is 2.49. The number of urea groups is 1. The minimum atomic E-state index is -0.607. The molecule has 2 aromatic carbocycles. The molecule has 0 spiro atoms. The van der Waals surface area contributed by atoms with E-state index in [9.17, 15) is 20.0 Å². The van der Waals surface area contributed by atoms with E-state index in [0.29, 0.717) is 12.1 Å². The smallest absolute Gasteiger partial charge is 0.322 e. The number of carbonyl (C=O) groups is 1. The monoisotopic (exact) mass is 363 g/mol. The molecule has 132 valence electrons. The SMILES string of the molecule is CCCN(Cc1ccccc1O)C(=O)Nc1ccc(Cl)c([N+](=O)[O-])c1. The molecule has 0 heterocycles. The summed E-state index contributed by atoms with van der Waals surface area (Å²) >= 11 is 5.77. The van der Waals surface area contributed by atoms with Gasteiger partial charge in [-0.3, -0.25) is 10.1 Å². The number of phenols is 1. The molecule has 0 unspecified atom stereocenters. The van der Waals surface area contributed by atoms with Crippen LogP contribution in [-0.4, -0.2) is 27.5 Å². The maximum absolute atomic E-state index is 12.5. The highest BCUT2D eigenvalue weighted by molar-refractivity contribution is 6.32. The third-order valence-corrected chi connectivity index (χ3v) is 3.85. The third kappa shape index (κ3) is 4.84. The Kier molecular flexibility index (Phi) is 6.19. The lowest BCUT2D eigenvalue weighted by molar-refractivity contribution is -0.384. The van der Waals surface area contributed by atoms with Crippen molar-refractivity contribution in [3.8, 4) is 5.75 Å². The summed E-state index contributed by atoms with van der Waals surface area (Å²) in [6, 6.07) is 10.4. The number of anilines is 1. The molecular formula is C17H18ClN3O4. The lowest BCUT2D eigenvalue weighted by Crippen LogP contribution is -2.35. The average Bonchev–Trinajstić information content (AvgIpc) is 2.57. The Bertz CT molecular complexity index is 782. The van der Waals surface area contributed by atoms with Crippen molar-refractivity contribution in [2.45, 2.75) is 19.9 Å². The van der Waals surface area contributed by atoms with Crippen molar-refractivity contribution in [3.63, 3.8) is 0 Å². The van der Waals surface area contributed by atoms with Crippen molar-refractivity contribution < 1.29 is 14.8 Å². The lowest BCUT2D eigenvalue weighted by Gasteiger charge is -2.23. The Balaban J connectivity index is 2.16. The number of nitrogens with zero attached hydrogens (tertiary/aromatic N) is 2. The van der Waals surface area contributed by atoms with Gasteiger partial charge in [-0.25, -0.2) is 4.79 Å². The van der Waals surface area contributed by atoms with E-state index in [1.54, 1.807) is 24.3 Å². The summed E-state index contributed by atoms with van der Waals surface area (Å²) in [5.41, 5.74) is 0.620. The van der Waals surface area contributed by atoms with Gasteiger partial charge < -0.3 is 15.3 Å². The summed E-state index contributed by atoms with van der Waals surface area (Å²) in [6.07, 6.45) is 0.724. The van der Waals surface area contributed by atoms with Gasteiger partial charge in [0.05, 0.1) is 11.5 Å². The zero-order valence-corrected chi connectivity index (χ0v) is 14.4. The second-order valence-electron chi connectivity index (χ2n) is 5.40. The van der Waals surface area contributed by atoms with Crippen molar-refractivity contribution in [2.75, 3.05) is 11.9 Å². The highest BCUT2D eigenvalue weighted by Crippen LogP contribution is 2.27. The molecule has 0 aromatic heterocycles. The number of nitrogens with one attached hydrogen (secondary N) is 1. The first-order valence-corrected chi connectivity index (χ1v) is 8.07. The largest absolute Gasteiger partial charge is 0.508 e. The van der Waals surface area contributed by atoms with Gasteiger partial charge in [0.15, 0.2) is 0 Å². The van der Waals surface area contributed by atoms with Crippen LogP contribution < -0.4 is 5.32 Å². The lowest BCUT2D eigenvalue weighted by atomic mass is 10.2. The summed E-state index contributed by atoms with van der Waals surface area (Å²) in [5.74, 6) is 0.110. The Labute approximate surface area is 150 Å². The molecule has 7 nitrogen and oxygen atoms in total. The summed E-state index contributed by atoms with van der Waals surface area (Å²) in [6.45, 7) is 2.62. The molecule has 0 saturated heterocycles. The van der Waals surface area contributed by atoms with Gasteiger partial charge in [0.2, 0.25) is 0 Å². The molecular weight excluding hydrogens is 346 g/mol. The topological polar surface area (TPSA) is 95.7 Å². The van der Waals surface area contributed by atoms with Gasteiger partial charge >= 0.3 is 6.03 Å². The van der Waals surface area contributed by atoms with Crippen LogP contribution in [0.25, 0.3) is 0 Å². The van der Waals surface area contributed by atoms with Gasteiger partial charge in [0.1, 0.15) is 10.8 Å². The summed E-state index contributed by atoms with van der Waals surface area (Å²) in [5, 5.41) is 23.5. The number of amides is 2. The van der Waals surface area contributed by atoms with Crippen molar-refractivity contribution >= 4 is 29.0 Å². The molecule has 0 atom stereocenters. The van der Waals surface area contributed by atoms with Crippen LogP contribution in [0.5, 0.6) is 5.75 Å². The molecule has 2 rings (SSSR count).